The third-order valence-electron chi connectivity index (χ3n) is 3.91. The summed E-state index contributed by atoms with van der Waals surface area (Å²) >= 11 is 0. The number of ether oxygens (including phenoxy) is 2. The van der Waals surface area contributed by atoms with Crippen molar-refractivity contribution in [1.82, 2.24) is 9.97 Å². The lowest BCUT2D eigenvalue weighted by Crippen LogP contribution is -2.16. The topological polar surface area (TPSA) is 117 Å². The van der Waals surface area contributed by atoms with Gasteiger partial charge in [0, 0.05) is 28.8 Å². The molecule has 27 heavy (non-hydrogen) atoms. The molecule has 2 aromatic carbocycles. The molecule has 0 fully saturated rings. The molecule has 1 heterocycles. The number of aromatic hydroxyl groups is 1. The summed E-state index contributed by atoms with van der Waals surface area (Å²) in [6.07, 6.45) is -0.312. The summed E-state index contributed by atoms with van der Waals surface area (Å²) in [5, 5.41) is 31.3. The summed E-state index contributed by atoms with van der Waals surface area (Å²) in [4.78, 5) is 8.35. The van der Waals surface area contributed by atoms with Crippen LogP contribution in [0.4, 0.5) is 15.9 Å². The molecule has 1 aromatic heterocycles. The van der Waals surface area contributed by atoms with Gasteiger partial charge in [-0.2, -0.15) is 0 Å². The van der Waals surface area contributed by atoms with E-state index in [4.69, 9.17) is 19.7 Å². The van der Waals surface area contributed by atoms with Crippen molar-refractivity contribution in [3.05, 3.63) is 42.0 Å². The normalized spacial score (nSPS) is 11.0. The average Bonchev–Trinajstić information content (AvgIpc) is 2.63. The van der Waals surface area contributed by atoms with Gasteiger partial charge in [-0.05, 0) is 19.1 Å². The third-order valence-corrected chi connectivity index (χ3v) is 3.91. The molecular weight excluding hydrogens is 357 g/mol. The summed E-state index contributed by atoms with van der Waals surface area (Å²) in [7, 11) is 1.44. The Labute approximate surface area is 153 Å². The zero-order valence-corrected chi connectivity index (χ0v) is 14.6. The van der Waals surface area contributed by atoms with Crippen molar-refractivity contribution in [2.75, 3.05) is 19.0 Å². The van der Waals surface area contributed by atoms with E-state index in [1.807, 2.05) is 0 Å². The molecule has 3 rings (SSSR count). The van der Waals surface area contributed by atoms with E-state index < -0.39 is 12.1 Å². The van der Waals surface area contributed by atoms with Gasteiger partial charge in [-0.15, -0.1) is 0 Å². The maximum Gasteiger partial charge on any atom is 0.186 e. The second kappa shape index (κ2) is 7.60. The molecule has 0 saturated carbocycles. The number of aromatic nitrogens is 2. The van der Waals surface area contributed by atoms with Crippen LogP contribution in [-0.4, -0.2) is 45.3 Å². The number of benzene rings is 2. The zero-order chi connectivity index (χ0) is 19.6. The number of halogens is 1. The van der Waals surface area contributed by atoms with Crippen molar-refractivity contribution in [3.8, 4) is 17.2 Å². The molecule has 0 aliphatic carbocycles. The number of phenolic OH excluding ortho intramolecular Hbond substituents is 1. The van der Waals surface area contributed by atoms with Gasteiger partial charge in [0.15, 0.2) is 17.8 Å². The highest BCUT2D eigenvalue weighted by Crippen LogP contribution is 2.36. The molecule has 0 unspecified atom stereocenters. The molecule has 0 saturated heterocycles. The number of aliphatic hydroxyl groups is 2. The number of fused-ring (bicyclic) bond motifs is 1. The molecule has 0 amide bonds. The van der Waals surface area contributed by atoms with Gasteiger partial charge in [0.2, 0.25) is 0 Å². The van der Waals surface area contributed by atoms with Gasteiger partial charge in [0.1, 0.15) is 30.3 Å². The number of methoxy groups -OCH3 is 1. The van der Waals surface area contributed by atoms with E-state index in [2.05, 4.69) is 15.3 Å². The molecule has 0 bridgehead atoms. The van der Waals surface area contributed by atoms with Crippen molar-refractivity contribution >= 4 is 22.4 Å². The zero-order valence-electron chi connectivity index (χ0n) is 14.6. The van der Waals surface area contributed by atoms with E-state index in [1.165, 1.54) is 19.5 Å². The highest BCUT2D eigenvalue weighted by Gasteiger charge is 2.14. The van der Waals surface area contributed by atoms with Crippen LogP contribution in [0.2, 0.25) is 0 Å². The van der Waals surface area contributed by atoms with Gasteiger partial charge in [-0.3, -0.25) is 0 Å². The molecule has 9 heteroatoms. The van der Waals surface area contributed by atoms with Crippen LogP contribution in [0.25, 0.3) is 10.9 Å². The van der Waals surface area contributed by atoms with Gasteiger partial charge in [-0.25, -0.2) is 14.4 Å². The fourth-order valence-corrected chi connectivity index (χ4v) is 2.52. The second-order valence-corrected chi connectivity index (χ2v) is 5.76. The SMILES string of the molecule is COc1cc2c(Nc3cc(F)cc(O)c3C)ncnc2cc1OCC(O)O. The summed E-state index contributed by atoms with van der Waals surface area (Å²) < 4.78 is 24.2. The molecule has 0 atom stereocenters. The Morgan fingerprint density at radius 3 is 2.63 bits per heavy atom. The smallest absolute Gasteiger partial charge is 0.186 e. The number of nitrogens with one attached hydrogen (secondary N) is 1. The first-order valence-electron chi connectivity index (χ1n) is 7.97. The Kier molecular flexibility index (Phi) is 5.24. The van der Waals surface area contributed by atoms with E-state index in [9.17, 15) is 9.50 Å². The standard InChI is InChI=1S/C18H18FN3O5/c1-9-12(3-10(19)4-14(9)23)22-18-11-5-15(26-2)16(27-7-17(24)25)6-13(11)20-8-21-18/h3-6,8,17,23-25H,7H2,1-2H3,(H,20,21,22). The number of nitrogens with zero attached hydrogens (tertiary/aromatic N) is 2. The van der Waals surface area contributed by atoms with Gasteiger partial charge < -0.3 is 30.1 Å². The number of aliphatic hydroxyl groups excluding tert-OH is 1. The second-order valence-electron chi connectivity index (χ2n) is 5.76. The Morgan fingerprint density at radius 2 is 1.93 bits per heavy atom. The van der Waals surface area contributed by atoms with Crippen LogP contribution in [0.3, 0.4) is 0 Å². The quantitative estimate of drug-likeness (QED) is 0.485. The lowest BCUT2D eigenvalue weighted by molar-refractivity contribution is -0.0683. The van der Waals surface area contributed by atoms with Crippen LogP contribution in [0.5, 0.6) is 17.2 Å². The van der Waals surface area contributed by atoms with Gasteiger partial charge >= 0.3 is 0 Å². The molecule has 142 valence electrons. The van der Waals surface area contributed by atoms with Crippen molar-refractivity contribution in [2.24, 2.45) is 0 Å². The first-order chi connectivity index (χ1) is 12.9. The fourth-order valence-electron chi connectivity index (χ4n) is 2.52. The van der Waals surface area contributed by atoms with Crippen molar-refractivity contribution in [2.45, 2.75) is 13.2 Å². The number of anilines is 2. The van der Waals surface area contributed by atoms with Crippen LogP contribution in [0.15, 0.2) is 30.6 Å². The monoisotopic (exact) mass is 375 g/mol. The number of hydrogen-bond donors (Lipinski definition) is 4. The minimum atomic E-state index is -1.63. The third kappa shape index (κ3) is 3.99. The minimum absolute atomic E-state index is 0.174. The molecule has 0 aliphatic heterocycles. The summed E-state index contributed by atoms with van der Waals surface area (Å²) in [6, 6.07) is 5.46. The first-order valence-corrected chi connectivity index (χ1v) is 7.97. The summed E-state index contributed by atoms with van der Waals surface area (Å²) in [6.45, 7) is 1.31. The van der Waals surface area contributed by atoms with Crippen LogP contribution in [0, 0.1) is 12.7 Å². The Bertz CT molecular complexity index is 981. The predicted molar refractivity (Wildman–Crippen MR) is 95.9 cm³/mol. The average molecular weight is 375 g/mol. The van der Waals surface area contributed by atoms with E-state index in [-0.39, 0.29) is 18.1 Å². The maximum absolute atomic E-state index is 13.6. The Hall–Kier alpha value is -3.17. The minimum Gasteiger partial charge on any atom is -0.507 e. The molecule has 8 nitrogen and oxygen atoms in total. The lowest BCUT2D eigenvalue weighted by atomic mass is 10.1. The maximum atomic E-state index is 13.6. The Balaban J connectivity index is 2.04. The fraction of sp³-hybridized carbons (Fsp3) is 0.222. The van der Waals surface area contributed by atoms with Crippen LogP contribution >= 0.6 is 0 Å². The highest BCUT2D eigenvalue weighted by molar-refractivity contribution is 5.93. The number of phenols is 1. The molecule has 0 spiro atoms. The number of hydrogen-bond acceptors (Lipinski definition) is 8. The van der Waals surface area contributed by atoms with E-state index >= 15 is 0 Å². The Morgan fingerprint density at radius 1 is 1.15 bits per heavy atom. The van der Waals surface area contributed by atoms with Gasteiger partial charge in [0.25, 0.3) is 0 Å². The number of rotatable bonds is 6. The van der Waals surface area contributed by atoms with Gasteiger partial charge in [-0.1, -0.05) is 0 Å². The van der Waals surface area contributed by atoms with E-state index in [0.29, 0.717) is 33.7 Å². The van der Waals surface area contributed by atoms with Crippen LogP contribution in [-0.2, 0) is 0 Å². The van der Waals surface area contributed by atoms with Gasteiger partial charge in [0.05, 0.1) is 12.6 Å². The molecule has 0 radical (unpaired) electrons. The largest absolute Gasteiger partial charge is 0.507 e. The van der Waals surface area contributed by atoms with Crippen molar-refractivity contribution in [1.29, 1.82) is 0 Å². The summed E-state index contributed by atoms with van der Waals surface area (Å²) in [5.41, 5.74) is 1.32. The molecule has 4 N–H and O–H groups in total. The first kappa shape index (κ1) is 18.6. The predicted octanol–water partition coefficient (Wildman–Crippen LogP) is 2.22. The van der Waals surface area contributed by atoms with E-state index in [1.54, 1.807) is 19.1 Å². The van der Waals surface area contributed by atoms with Crippen molar-refractivity contribution < 1.29 is 29.2 Å². The van der Waals surface area contributed by atoms with Crippen LogP contribution in [0.1, 0.15) is 5.56 Å². The lowest BCUT2D eigenvalue weighted by Gasteiger charge is -2.15. The van der Waals surface area contributed by atoms with Crippen molar-refractivity contribution in [3.63, 3.8) is 0 Å². The molecule has 3 aromatic rings. The highest BCUT2D eigenvalue weighted by atomic mass is 19.1. The summed E-state index contributed by atoms with van der Waals surface area (Å²) in [5.74, 6) is 0.226. The van der Waals surface area contributed by atoms with Crippen LogP contribution < -0.4 is 14.8 Å². The molecular formula is C18H18FN3O5. The molecule has 0 aliphatic rings. The van der Waals surface area contributed by atoms with E-state index in [0.717, 1.165) is 6.07 Å².